The van der Waals surface area contributed by atoms with Crippen molar-refractivity contribution in [2.45, 2.75) is 25.7 Å². The molecule has 0 unspecified atom stereocenters. The Morgan fingerprint density at radius 2 is 1.64 bits per heavy atom. The van der Waals surface area contributed by atoms with Gasteiger partial charge in [0.05, 0.1) is 46.7 Å². The number of methoxy groups -OCH3 is 1. The minimum atomic E-state index is -1.32. The molecule has 1 saturated carbocycles. The molecule has 0 aromatic heterocycles. The van der Waals surface area contributed by atoms with Gasteiger partial charge in [-0.05, 0) is 108 Å². The van der Waals surface area contributed by atoms with E-state index in [2.05, 4.69) is 22.6 Å². The van der Waals surface area contributed by atoms with Gasteiger partial charge in [-0.3, -0.25) is 24.1 Å². The molecule has 0 bridgehead atoms. The van der Waals surface area contributed by atoms with Crippen molar-refractivity contribution in [2.75, 3.05) is 16.9 Å². The van der Waals surface area contributed by atoms with Gasteiger partial charge in [0.25, 0.3) is 0 Å². The Morgan fingerprint density at radius 3 is 2.31 bits per heavy atom. The average Bonchev–Trinajstić information content (AvgIpc) is 3.38. The summed E-state index contributed by atoms with van der Waals surface area (Å²) in [6.45, 7) is 1.73. The number of carbonyl (C=O) groups excluding carboxylic acids is 4. The van der Waals surface area contributed by atoms with E-state index >= 15 is 0 Å². The van der Waals surface area contributed by atoms with Gasteiger partial charge >= 0.3 is 0 Å². The van der Waals surface area contributed by atoms with Crippen molar-refractivity contribution in [1.29, 1.82) is 0 Å². The Bertz CT molecular complexity index is 1850. The quantitative estimate of drug-likeness (QED) is 0.193. The van der Waals surface area contributed by atoms with Gasteiger partial charge in [0.1, 0.15) is 5.82 Å². The van der Waals surface area contributed by atoms with Gasteiger partial charge in [-0.1, -0.05) is 29.3 Å². The van der Waals surface area contributed by atoms with Crippen LogP contribution in [0.5, 0.6) is 11.5 Å². The molecule has 4 aliphatic rings. The van der Waals surface area contributed by atoms with Gasteiger partial charge in [-0.15, -0.1) is 0 Å². The molecule has 2 heterocycles. The number of fused-ring (bicyclic) bond motifs is 4. The second-order valence-corrected chi connectivity index (χ2v) is 13.8. The zero-order valence-corrected chi connectivity index (χ0v) is 27.1. The van der Waals surface area contributed by atoms with Crippen molar-refractivity contribution in [3.05, 3.63) is 92.3 Å². The summed E-state index contributed by atoms with van der Waals surface area (Å²) < 4.78 is 20.3. The first-order valence-electron chi connectivity index (χ1n) is 14.5. The molecule has 0 radical (unpaired) electrons. The number of imide groups is 2. The standard InChI is InChI=1S/C34H27ClFIN2O6/c1-34-23(31(42)39(33(34)44)19-8-11-25(36)24(35)14-19)15-22-20(29(34)16-3-12-27(45-2)26(40)13-16)9-10-21-28(22)32(43)38(30(21)41)18-6-4-17(37)5-7-18/h3-9,11-14,21-23,28-29,40H,10,15H2,1-2H3/t21-,22+,23-,28-,29-,34+/m0/s1. The lowest BCUT2D eigenvalue weighted by atomic mass is 9.51. The highest BCUT2D eigenvalue weighted by Crippen LogP contribution is 2.64. The van der Waals surface area contributed by atoms with Crippen LogP contribution in [0.25, 0.3) is 0 Å². The topological polar surface area (TPSA) is 104 Å². The van der Waals surface area contributed by atoms with Crippen LogP contribution in [0.4, 0.5) is 15.8 Å². The molecule has 2 saturated heterocycles. The SMILES string of the molecule is COc1ccc([C@H]2C3=CC[C@@H]4C(=O)N(c5ccc(I)cc5)C(=O)[C@@H]4[C@@H]3C[C@H]3C(=O)N(c4ccc(F)c(Cl)c4)C(=O)[C@@]23C)cc1O. The van der Waals surface area contributed by atoms with Gasteiger partial charge in [-0.25, -0.2) is 9.29 Å². The maximum absolute atomic E-state index is 14.5. The highest BCUT2D eigenvalue weighted by Gasteiger charge is 2.67. The van der Waals surface area contributed by atoms with Crippen LogP contribution in [-0.2, 0) is 19.2 Å². The number of carbonyl (C=O) groups is 4. The molecule has 45 heavy (non-hydrogen) atoms. The number of ether oxygens (including phenoxy) is 1. The molecule has 11 heteroatoms. The molecule has 3 aromatic rings. The maximum atomic E-state index is 14.5. The molecule has 2 aliphatic heterocycles. The molecule has 230 valence electrons. The normalized spacial score (nSPS) is 29.0. The summed E-state index contributed by atoms with van der Waals surface area (Å²) in [5.74, 6) is -5.62. The fourth-order valence-electron chi connectivity index (χ4n) is 8.00. The monoisotopic (exact) mass is 740 g/mol. The van der Waals surface area contributed by atoms with Crippen LogP contribution in [0.2, 0.25) is 5.02 Å². The first-order chi connectivity index (χ1) is 21.5. The molecule has 0 spiro atoms. The van der Waals surface area contributed by atoms with E-state index < -0.39 is 52.6 Å². The lowest BCUT2D eigenvalue weighted by Crippen LogP contribution is -2.48. The largest absolute Gasteiger partial charge is 0.504 e. The van der Waals surface area contributed by atoms with Crippen LogP contribution in [0.1, 0.15) is 31.2 Å². The smallest absolute Gasteiger partial charge is 0.241 e. The lowest BCUT2D eigenvalue weighted by Gasteiger charge is -2.49. The van der Waals surface area contributed by atoms with Gasteiger partial charge < -0.3 is 9.84 Å². The molecule has 7 rings (SSSR count). The Hall–Kier alpha value is -3.77. The van der Waals surface area contributed by atoms with E-state index in [1.54, 1.807) is 31.2 Å². The molecule has 4 amide bonds. The summed E-state index contributed by atoms with van der Waals surface area (Å²) >= 11 is 8.22. The van der Waals surface area contributed by atoms with Crippen molar-refractivity contribution in [1.82, 2.24) is 0 Å². The molecular formula is C34H27ClFIN2O6. The second kappa shape index (κ2) is 10.7. The van der Waals surface area contributed by atoms with Gasteiger partial charge in [0.2, 0.25) is 23.6 Å². The Balaban J connectivity index is 1.37. The highest BCUT2D eigenvalue weighted by atomic mass is 127. The average molecular weight is 741 g/mol. The van der Waals surface area contributed by atoms with Crippen LogP contribution < -0.4 is 14.5 Å². The van der Waals surface area contributed by atoms with Crippen LogP contribution in [0.15, 0.2) is 72.3 Å². The van der Waals surface area contributed by atoms with Gasteiger partial charge in [-0.2, -0.15) is 0 Å². The summed E-state index contributed by atoms with van der Waals surface area (Å²) in [4.78, 5) is 58.9. The third-order valence-electron chi connectivity index (χ3n) is 10.1. The van der Waals surface area contributed by atoms with E-state index in [0.717, 1.165) is 20.1 Å². The minimum Gasteiger partial charge on any atom is -0.504 e. The Labute approximate surface area is 276 Å². The number of hydrogen-bond acceptors (Lipinski definition) is 6. The summed E-state index contributed by atoms with van der Waals surface area (Å²) in [5.41, 5.74) is 0.669. The van der Waals surface area contributed by atoms with Crippen molar-refractivity contribution in [2.24, 2.45) is 29.1 Å². The fraction of sp³-hybridized carbons (Fsp3) is 0.294. The number of halogens is 3. The molecular weight excluding hydrogens is 714 g/mol. The number of amides is 4. The van der Waals surface area contributed by atoms with Crippen LogP contribution in [0, 0.1) is 38.5 Å². The number of allylic oxidation sites excluding steroid dienone is 2. The van der Waals surface area contributed by atoms with E-state index in [9.17, 15) is 28.7 Å². The van der Waals surface area contributed by atoms with Crippen molar-refractivity contribution in [3.63, 3.8) is 0 Å². The number of hydrogen-bond donors (Lipinski definition) is 1. The van der Waals surface area contributed by atoms with Gasteiger partial charge in [0, 0.05) is 9.49 Å². The summed E-state index contributed by atoms with van der Waals surface area (Å²) in [7, 11) is 1.43. The predicted molar refractivity (Wildman–Crippen MR) is 172 cm³/mol. The predicted octanol–water partition coefficient (Wildman–Crippen LogP) is 6.23. The van der Waals surface area contributed by atoms with E-state index in [1.165, 1.54) is 30.2 Å². The van der Waals surface area contributed by atoms with Crippen molar-refractivity contribution in [3.8, 4) is 11.5 Å². The molecule has 1 N–H and O–H groups in total. The highest BCUT2D eigenvalue weighted by molar-refractivity contribution is 14.1. The van der Waals surface area contributed by atoms with E-state index in [-0.39, 0.29) is 40.4 Å². The van der Waals surface area contributed by atoms with Crippen LogP contribution in [-0.4, -0.2) is 35.8 Å². The molecule has 2 aliphatic carbocycles. The van der Waals surface area contributed by atoms with E-state index in [1.807, 2.05) is 18.2 Å². The van der Waals surface area contributed by atoms with Crippen LogP contribution >= 0.6 is 34.2 Å². The summed E-state index contributed by atoms with van der Waals surface area (Å²) in [6, 6.07) is 15.7. The number of rotatable bonds is 4. The number of phenolic OH excluding ortho intramolecular Hbond substituents is 1. The molecule has 3 fully saturated rings. The van der Waals surface area contributed by atoms with Gasteiger partial charge in [0.15, 0.2) is 11.5 Å². The first-order valence-corrected chi connectivity index (χ1v) is 16.0. The maximum Gasteiger partial charge on any atom is 0.241 e. The van der Waals surface area contributed by atoms with E-state index in [4.69, 9.17) is 16.3 Å². The fourth-order valence-corrected chi connectivity index (χ4v) is 8.53. The van der Waals surface area contributed by atoms with E-state index in [0.29, 0.717) is 17.7 Å². The molecule has 3 aromatic carbocycles. The zero-order valence-electron chi connectivity index (χ0n) is 24.2. The van der Waals surface area contributed by atoms with Crippen molar-refractivity contribution < 1.29 is 33.4 Å². The number of aromatic hydroxyl groups is 1. The van der Waals surface area contributed by atoms with Crippen LogP contribution in [0.3, 0.4) is 0 Å². The Kier molecular flexibility index (Phi) is 7.08. The zero-order chi connectivity index (χ0) is 31.9. The van der Waals surface area contributed by atoms with Crippen molar-refractivity contribution >= 4 is 69.2 Å². The third-order valence-corrected chi connectivity index (χ3v) is 11.1. The lowest BCUT2D eigenvalue weighted by molar-refractivity contribution is -0.131. The summed E-state index contributed by atoms with van der Waals surface area (Å²) in [6.07, 6.45) is 2.40. The second-order valence-electron chi connectivity index (χ2n) is 12.2. The Morgan fingerprint density at radius 1 is 0.933 bits per heavy atom. The number of benzene rings is 3. The number of nitrogens with zero attached hydrogens (tertiary/aromatic N) is 2. The minimum absolute atomic E-state index is 0.137. The first kappa shape index (κ1) is 29.9. The summed E-state index contributed by atoms with van der Waals surface area (Å²) in [5, 5.41) is 10.6. The third kappa shape index (κ3) is 4.28. The molecule has 6 atom stereocenters. The number of anilines is 2. The molecule has 8 nitrogen and oxygen atoms in total. The number of phenols is 1.